The second kappa shape index (κ2) is 9.62. The van der Waals surface area contributed by atoms with E-state index in [4.69, 9.17) is 0 Å². The van der Waals surface area contributed by atoms with E-state index >= 15 is 0 Å². The van der Waals surface area contributed by atoms with E-state index in [2.05, 4.69) is 12.2 Å². The summed E-state index contributed by atoms with van der Waals surface area (Å²) in [5.74, 6) is -0.0749. The number of nitrogens with zero attached hydrogens (tertiary/aromatic N) is 1. The fraction of sp³-hybridized carbons (Fsp3) is 0.333. The van der Waals surface area contributed by atoms with Crippen molar-refractivity contribution in [2.24, 2.45) is 0 Å². The number of carbonyl (C=O) groups is 2. The molecule has 0 saturated carbocycles. The summed E-state index contributed by atoms with van der Waals surface area (Å²) in [5.41, 5.74) is 3.21. The zero-order valence-electron chi connectivity index (χ0n) is 15.0. The fourth-order valence-electron chi connectivity index (χ4n) is 2.81. The number of benzene rings is 2. The van der Waals surface area contributed by atoms with Crippen LogP contribution in [0.1, 0.15) is 31.4 Å². The van der Waals surface area contributed by atoms with Gasteiger partial charge in [-0.25, -0.2) is 0 Å². The zero-order chi connectivity index (χ0) is 18.1. The second-order valence-corrected chi connectivity index (χ2v) is 5.99. The minimum Gasteiger partial charge on any atom is -0.356 e. The Bertz CT molecular complexity index is 698. The molecule has 2 aromatic rings. The summed E-state index contributed by atoms with van der Waals surface area (Å²) in [7, 11) is 0. The molecule has 4 nitrogen and oxygen atoms in total. The Morgan fingerprint density at radius 3 is 2.36 bits per heavy atom. The summed E-state index contributed by atoms with van der Waals surface area (Å²) in [6.07, 6.45) is 1.96. The van der Waals surface area contributed by atoms with Crippen LogP contribution < -0.4 is 10.2 Å². The van der Waals surface area contributed by atoms with Gasteiger partial charge in [-0.05, 0) is 30.0 Å². The molecule has 0 spiro atoms. The lowest BCUT2D eigenvalue weighted by molar-refractivity contribution is -0.121. The molecule has 0 fully saturated rings. The van der Waals surface area contributed by atoms with E-state index in [0.29, 0.717) is 19.5 Å². The van der Waals surface area contributed by atoms with Gasteiger partial charge < -0.3 is 10.2 Å². The molecular weight excluding hydrogens is 312 g/mol. The molecule has 0 saturated heterocycles. The molecule has 4 heteroatoms. The molecule has 132 valence electrons. The first-order valence-corrected chi connectivity index (χ1v) is 8.78. The molecule has 0 bridgehead atoms. The Labute approximate surface area is 149 Å². The summed E-state index contributed by atoms with van der Waals surface area (Å²) in [4.78, 5) is 25.8. The minimum atomic E-state index is -0.0435. The van der Waals surface area contributed by atoms with Crippen molar-refractivity contribution >= 4 is 17.5 Å². The Kier molecular flexibility index (Phi) is 7.20. The SMILES string of the molecule is CCc1ccccc1N(CCC(=O)NCCc1ccccc1)C(C)=O. The largest absolute Gasteiger partial charge is 0.356 e. The van der Waals surface area contributed by atoms with Crippen LogP contribution in [0.3, 0.4) is 0 Å². The Morgan fingerprint density at radius 1 is 1.00 bits per heavy atom. The number of rotatable bonds is 8. The van der Waals surface area contributed by atoms with Crippen molar-refractivity contribution in [3.63, 3.8) is 0 Å². The van der Waals surface area contributed by atoms with Gasteiger partial charge in [0.05, 0.1) is 0 Å². The molecule has 0 aromatic heterocycles. The summed E-state index contributed by atoms with van der Waals surface area (Å²) in [5, 5.41) is 2.93. The number of carbonyl (C=O) groups excluding carboxylic acids is 2. The normalized spacial score (nSPS) is 10.3. The van der Waals surface area contributed by atoms with E-state index < -0.39 is 0 Å². The quantitative estimate of drug-likeness (QED) is 0.802. The molecule has 2 aromatic carbocycles. The molecule has 1 N–H and O–H groups in total. The van der Waals surface area contributed by atoms with Crippen LogP contribution in [0.4, 0.5) is 5.69 Å². The molecule has 0 heterocycles. The van der Waals surface area contributed by atoms with E-state index in [1.54, 1.807) is 11.8 Å². The summed E-state index contributed by atoms with van der Waals surface area (Å²) in [6, 6.07) is 17.9. The summed E-state index contributed by atoms with van der Waals surface area (Å²) >= 11 is 0. The molecule has 0 aliphatic heterocycles. The zero-order valence-corrected chi connectivity index (χ0v) is 15.0. The fourth-order valence-corrected chi connectivity index (χ4v) is 2.81. The lowest BCUT2D eigenvalue weighted by Crippen LogP contribution is -2.35. The van der Waals surface area contributed by atoms with Gasteiger partial charge in [0.25, 0.3) is 0 Å². The first kappa shape index (κ1) is 18.7. The highest BCUT2D eigenvalue weighted by Gasteiger charge is 2.15. The highest BCUT2D eigenvalue weighted by atomic mass is 16.2. The van der Waals surface area contributed by atoms with Crippen molar-refractivity contribution in [1.29, 1.82) is 0 Å². The van der Waals surface area contributed by atoms with Crippen LogP contribution >= 0.6 is 0 Å². The minimum absolute atomic E-state index is 0.0313. The van der Waals surface area contributed by atoms with Gasteiger partial charge in [0, 0.05) is 32.1 Å². The average Bonchev–Trinajstić information content (AvgIpc) is 2.63. The maximum atomic E-state index is 12.1. The van der Waals surface area contributed by atoms with Crippen LogP contribution in [0.25, 0.3) is 0 Å². The number of amides is 2. The predicted octanol–water partition coefficient (Wildman–Crippen LogP) is 3.35. The topological polar surface area (TPSA) is 49.4 Å². The monoisotopic (exact) mass is 338 g/mol. The molecule has 2 amide bonds. The molecule has 25 heavy (non-hydrogen) atoms. The first-order chi connectivity index (χ1) is 12.1. The van der Waals surface area contributed by atoms with Crippen molar-refractivity contribution in [3.8, 4) is 0 Å². The van der Waals surface area contributed by atoms with Gasteiger partial charge in [-0.1, -0.05) is 55.5 Å². The smallest absolute Gasteiger partial charge is 0.223 e. The van der Waals surface area contributed by atoms with E-state index in [9.17, 15) is 9.59 Å². The number of nitrogens with one attached hydrogen (secondary N) is 1. The third kappa shape index (κ3) is 5.75. The van der Waals surface area contributed by atoms with Crippen molar-refractivity contribution in [2.75, 3.05) is 18.0 Å². The first-order valence-electron chi connectivity index (χ1n) is 8.78. The van der Waals surface area contributed by atoms with Crippen molar-refractivity contribution < 1.29 is 9.59 Å². The van der Waals surface area contributed by atoms with Crippen LogP contribution in [0.2, 0.25) is 0 Å². The number of aryl methyl sites for hydroxylation is 1. The van der Waals surface area contributed by atoms with Crippen molar-refractivity contribution in [3.05, 3.63) is 65.7 Å². The van der Waals surface area contributed by atoms with Crippen LogP contribution in [-0.4, -0.2) is 24.9 Å². The van der Waals surface area contributed by atoms with Gasteiger partial charge in [0.1, 0.15) is 0 Å². The van der Waals surface area contributed by atoms with Crippen LogP contribution in [0, 0.1) is 0 Å². The standard InChI is InChI=1S/C21H26N2O2/c1-3-19-11-7-8-12-20(19)23(17(2)24)16-14-21(25)22-15-13-18-9-5-4-6-10-18/h4-12H,3,13-16H2,1-2H3,(H,22,25). The van der Waals surface area contributed by atoms with Gasteiger partial charge in [-0.2, -0.15) is 0 Å². The molecule has 2 rings (SSSR count). The average molecular weight is 338 g/mol. The van der Waals surface area contributed by atoms with E-state index in [1.807, 2.05) is 54.6 Å². The predicted molar refractivity (Wildman–Crippen MR) is 102 cm³/mol. The third-order valence-electron chi connectivity index (χ3n) is 4.18. The van der Waals surface area contributed by atoms with Crippen LogP contribution in [0.15, 0.2) is 54.6 Å². The van der Waals surface area contributed by atoms with Crippen LogP contribution in [-0.2, 0) is 22.4 Å². The maximum absolute atomic E-state index is 12.1. The van der Waals surface area contributed by atoms with Crippen molar-refractivity contribution in [2.45, 2.75) is 33.1 Å². The Morgan fingerprint density at radius 2 is 1.68 bits per heavy atom. The summed E-state index contributed by atoms with van der Waals surface area (Å²) in [6.45, 7) is 4.60. The molecule has 0 atom stereocenters. The second-order valence-electron chi connectivity index (χ2n) is 5.99. The molecule has 0 aliphatic carbocycles. The maximum Gasteiger partial charge on any atom is 0.223 e. The highest BCUT2D eigenvalue weighted by Crippen LogP contribution is 2.21. The number of para-hydroxylation sites is 1. The van der Waals surface area contributed by atoms with Gasteiger partial charge in [-0.3, -0.25) is 9.59 Å². The van der Waals surface area contributed by atoms with Gasteiger partial charge in [-0.15, -0.1) is 0 Å². The Hall–Kier alpha value is -2.62. The van der Waals surface area contributed by atoms with Crippen LogP contribution in [0.5, 0.6) is 0 Å². The highest BCUT2D eigenvalue weighted by molar-refractivity contribution is 5.93. The van der Waals surface area contributed by atoms with Gasteiger partial charge in [0.2, 0.25) is 11.8 Å². The summed E-state index contributed by atoms with van der Waals surface area (Å²) < 4.78 is 0. The number of anilines is 1. The molecular formula is C21H26N2O2. The van der Waals surface area contributed by atoms with Gasteiger partial charge in [0.15, 0.2) is 0 Å². The van der Waals surface area contributed by atoms with E-state index in [-0.39, 0.29) is 11.8 Å². The van der Waals surface area contributed by atoms with E-state index in [1.165, 1.54) is 5.56 Å². The number of hydrogen-bond acceptors (Lipinski definition) is 2. The Balaban J connectivity index is 1.86. The molecule has 0 radical (unpaired) electrons. The third-order valence-corrected chi connectivity index (χ3v) is 4.18. The van der Waals surface area contributed by atoms with Gasteiger partial charge >= 0.3 is 0 Å². The van der Waals surface area contributed by atoms with Crippen molar-refractivity contribution in [1.82, 2.24) is 5.32 Å². The lowest BCUT2D eigenvalue weighted by atomic mass is 10.1. The molecule has 0 aliphatic rings. The molecule has 0 unspecified atom stereocenters. The van der Waals surface area contributed by atoms with E-state index in [0.717, 1.165) is 24.1 Å². The lowest BCUT2D eigenvalue weighted by Gasteiger charge is -2.23. The number of hydrogen-bond donors (Lipinski definition) is 1.